The first-order valence-corrected chi connectivity index (χ1v) is 12.7. The number of sulfonamides is 1. The topological polar surface area (TPSA) is 81.8 Å². The Hall–Kier alpha value is -4.01. The van der Waals surface area contributed by atoms with Crippen LogP contribution in [0.4, 0.5) is 0 Å². The summed E-state index contributed by atoms with van der Waals surface area (Å²) in [7, 11) is -3.83. The number of aromatic nitrogens is 4. The third kappa shape index (κ3) is 4.53. The number of para-hydroxylation sites is 2. The fraction of sp³-hybridized carbons (Fsp3) is 0.111. The zero-order valence-corrected chi connectivity index (χ0v) is 20.3. The first-order valence-electron chi connectivity index (χ1n) is 11.2. The highest BCUT2D eigenvalue weighted by atomic mass is 32.2. The van der Waals surface area contributed by atoms with Crippen LogP contribution in [-0.4, -0.2) is 28.0 Å². The summed E-state index contributed by atoms with van der Waals surface area (Å²) in [4.78, 5) is 0.193. The summed E-state index contributed by atoms with van der Waals surface area (Å²) >= 11 is 0. The Kier molecular flexibility index (Phi) is 6.07. The van der Waals surface area contributed by atoms with E-state index in [1.807, 2.05) is 97.2 Å². The number of hydrogen-bond acceptors (Lipinski definition) is 4. The van der Waals surface area contributed by atoms with E-state index in [2.05, 4.69) is 9.82 Å². The molecule has 0 fully saturated rings. The molecule has 0 radical (unpaired) electrons. The normalized spacial score (nSPS) is 11.6. The van der Waals surface area contributed by atoms with Crippen LogP contribution in [0.1, 0.15) is 17.0 Å². The van der Waals surface area contributed by atoms with Crippen LogP contribution in [0.2, 0.25) is 0 Å². The van der Waals surface area contributed by atoms with Gasteiger partial charge < -0.3 is 0 Å². The van der Waals surface area contributed by atoms with Gasteiger partial charge in [-0.1, -0.05) is 66.7 Å². The van der Waals surface area contributed by atoms with E-state index < -0.39 is 10.0 Å². The predicted molar refractivity (Wildman–Crippen MR) is 136 cm³/mol. The lowest BCUT2D eigenvalue weighted by atomic mass is 10.1. The number of benzene rings is 3. The van der Waals surface area contributed by atoms with Crippen molar-refractivity contribution in [1.29, 1.82) is 0 Å². The van der Waals surface area contributed by atoms with Crippen molar-refractivity contribution >= 4 is 10.0 Å². The van der Waals surface area contributed by atoms with Crippen molar-refractivity contribution in [1.82, 2.24) is 24.3 Å². The molecule has 3 aromatic carbocycles. The van der Waals surface area contributed by atoms with E-state index in [4.69, 9.17) is 5.10 Å². The van der Waals surface area contributed by atoms with Crippen molar-refractivity contribution in [2.45, 2.75) is 25.3 Å². The molecule has 35 heavy (non-hydrogen) atoms. The maximum Gasteiger partial charge on any atom is 0.244 e. The minimum absolute atomic E-state index is 0.0921. The van der Waals surface area contributed by atoms with Crippen molar-refractivity contribution in [3.05, 3.63) is 114 Å². The van der Waals surface area contributed by atoms with Crippen molar-refractivity contribution in [2.24, 2.45) is 0 Å². The molecule has 8 heteroatoms. The largest absolute Gasteiger partial charge is 0.244 e. The second-order valence-electron chi connectivity index (χ2n) is 8.22. The summed E-state index contributed by atoms with van der Waals surface area (Å²) < 4.78 is 33.1. The van der Waals surface area contributed by atoms with Crippen LogP contribution < -0.4 is 4.72 Å². The summed E-state index contributed by atoms with van der Waals surface area (Å²) in [6, 6.07) is 29.0. The Labute approximate surface area is 204 Å². The average molecular weight is 484 g/mol. The van der Waals surface area contributed by atoms with Crippen LogP contribution in [-0.2, 0) is 16.6 Å². The van der Waals surface area contributed by atoms with Crippen LogP contribution in [0, 0.1) is 13.8 Å². The third-order valence-electron chi connectivity index (χ3n) is 5.81. The highest BCUT2D eigenvalue weighted by Gasteiger charge is 2.26. The smallest absolute Gasteiger partial charge is 0.240 e. The summed E-state index contributed by atoms with van der Waals surface area (Å²) in [5.74, 6) is 0. The van der Waals surface area contributed by atoms with E-state index in [1.165, 1.54) is 0 Å². The van der Waals surface area contributed by atoms with Gasteiger partial charge in [-0.3, -0.25) is 0 Å². The van der Waals surface area contributed by atoms with Crippen molar-refractivity contribution in [2.75, 3.05) is 0 Å². The molecule has 0 saturated heterocycles. The summed E-state index contributed by atoms with van der Waals surface area (Å²) in [6.07, 6.45) is 1.87. The molecular weight excluding hydrogens is 458 g/mol. The highest BCUT2D eigenvalue weighted by Crippen LogP contribution is 2.26. The first kappa shape index (κ1) is 22.8. The Morgan fingerprint density at radius 3 is 1.97 bits per heavy atom. The van der Waals surface area contributed by atoms with Gasteiger partial charge in [-0.05, 0) is 38.1 Å². The van der Waals surface area contributed by atoms with Gasteiger partial charge in [-0.25, -0.2) is 22.5 Å². The molecule has 0 unspecified atom stereocenters. The quantitative estimate of drug-likeness (QED) is 0.360. The van der Waals surface area contributed by atoms with Crippen molar-refractivity contribution in [3.8, 4) is 22.6 Å². The van der Waals surface area contributed by atoms with Crippen LogP contribution in [0.3, 0.4) is 0 Å². The number of aryl methyl sites for hydroxylation is 1. The Morgan fingerprint density at radius 1 is 0.771 bits per heavy atom. The van der Waals surface area contributed by atoms with E-state index in [0.717, 1.165) is 28.2 Å². The lowest BCUT2D eigenvalue weighted by molar-refractivity contribution is 0.580. The van der Waals surface area contributed by atoms with E-state index in [1.54, 1.807) is 23.2 Å². The second kappa shape index (κ2) is 9.32. The fourth-order valence-corrected chi connectivity index (χ4v) is 5.57. The third-order valence-corrected chi connectivity index (χ3v) is 7.46. The molecule has 2 aromatic heterocycles. The minimum Gasteiger partial charge on any atom is -0.240 e. The molecule has 5 rings (SSSR count). The van der Waals surface area contributed by atoms with Gasteiger partial charge in [0.25, 0.3) is 0 Å². The molecule has 0 spiro atoms. The molecule has 0 aliphatic heterocycles. The molecule has 2 heterocycles. The van der Waals surface area contributed by atoms with Gasteiger partial charge in [0.1, 0.15) is 4.90 Å². The molecular formula is C27H25N5O2S. The number of hydrogen-bond donors (Lipinski definition) is 1. The first-order chi connectivity index (χ1) is 16.9. The Balaban J connectivity index is 1.49. The monoisotopic (exact) mass is 483 g/mol. The molecule has 5 aromatic rings. The van der Waals surface area contributed by atoms with Crippen LogP contribution in [0.5, 0.6) is 0 Å². The molecule has 1 N–H and O–H groups in total. The van der Waals surface area contributed by atoms with Crippen molar-refractivity contribution < 1.29 is 8.42 Å². The van der Waals surface area contributed by atoms with Gasteiger partial charge in [0, 0.05) is 23.9 Å². The predicted octanol–water partition coefficient (Wildman–Crippen LogP) is 4.82. The van der Waals surface area contributed by atoms with Crippen molar-refractivity contribution in [3.63, 3.8) is 0 Å². The maximum absolute atomic E-state index is 13.4. The average Bonchev–Trinajstić information content (AvgIpc) is 3.45. The zero-order valence-electron chi connectivity index (χ0n) is 19.5. The van der Waals surface area contributed by atoms with Gasteiger partial charge in [-0.2, -0.15) is 10.2 Å². The fourth-order valence-electron chi connectivity index (χ4n) is 4.17. The molecule has 0 aliphatic carbocycles. The second-order valence-corrected chi connectivity index (χ2v) is 9.92. The molecule has 0 atom stereocenters. The highest BCUT2D eigenvalue weighted by molar-refractivity contribution is 7.89. The molecule has 0 aliphatic rings. The number of nitrogens with one attached hydrogen (secondary N) is 1. The van der Waals surface area contributed by atoms with Crippen LogP contribution in [0.15, 0.2) is 102 Å². The summed E-state index contributed by atoms with van der Waals surface area (Å²) in [5, 5.41) is 9.26. The lowest BCUT2D eigenvalue weighted by Crippen LogP contribution is -2.24. The van der Waals surface area contributed by atoms with Gasteiger partial charge in [0.05, 0.1) is 28.5 Å². The standard InChI is InChI=1S/C27H25N5O2S/c1-20-27(21(2)32(29-20)25-16-10-5-11-17-25)35(33,34)28-18-23-19-31(24-14-8-4-9-15-24)30-26(23)22-12-6-3-7-13-22/h3-17,19,28H,18H2,1-2H3. The molecule has 0 bridgehead atoms. The van der Waals surface area contributed by atoms with Gasteiger partial charge in [0.2, 0.25) is 10.0 Å². The molecule has 176 valence electrons. The van der Waals surface area contributed by atoms with Crippen LogP contribution >= 0.6 is 0 Å². The number of rotatable bonds is 7. The Bertz CT molecular complexity index is 1560. The molecule has 0 amide bonds. The Morgan fingerprint density at radius 2 is 1.34 bits per heavy atom. The zero-order chi connectivity index (χ0) is 24.4. The minimum atomic E-state index is -3.83. The van der Waals surface area contributed by atoms with Gasteiger partial charge in [0.15, 0.2) is 0 Å². The van der Waals surface area contributed by atoms with E-state index in [9.17, 15) is 8.42 Å². The summed E-state index contributed by atoms with van der Waals surface area (Å²) in [6.45, 7) is 3.57. The van der Waals surface area contributed by atoms with E-state index in [-0.39, 0.29) is 11.4 Å². The van der Waals surface area contributed by atoms with E-state index in [0.29, 0.717) is 11.4 Å². The lowest BCUT2D eigenvalue weighted by Gasteiger charge is -2.08. The van der Waals surface area contributed by atoms with E-state index >= 15 is 0 Å². The molecule has 0 saturated carbocycles. The summed E-state index contributed by atoms with van der Waals surface area (Å²) in [5.41, 5.74) is 5.13. The van der Waals surface area contributed by atoms with Crippen LogP contribution in [0.25, 0.3) is 22.6 Å². The van der Waals surface area contributed by atoms with Gasteiger partial charge in [-0.15, -0.1) is 0 Å². The molecule has 7 nitrogen and oxygen atoms in total. The SMILES string of the molecule is Cc1nn(-c2ccccc2)c(C)c1S(=O)(=O)NCc1cn(-c2ccccc2)nc1-c1ccccc1. The number of nitrogens with zero attached hydrogens (tertiary/aromatic N) is 4. The van der Waals surface area contributed by atoms with Gasteiger partial charge >= 0.3 is 0 Å². The maximum atomic E-state index is 13.4.